The highest BCUT2D eigenvalue weighted by molar-refractivity contribution is 7.89. The first-order chi connectivity index (χ1) is 9.80. The molecule has 1 aromatic carbocycles. The van der Waals surface area contributed by atoms with Gasteiger partial charge in [0.05, 0.1) is 11.0 Å². The standard InChI is InChI=1S/C15H22N2O3S/c1-9-5-14(8-15(16)10(9)2)21(19,20)17-11-3-4-12(17)7-13(18)6-11/h5,8,11-13,18H,3-4,6-7,16H2,1-2H3. The summed E-state index contributed by atoms with van der Waals surface area (Å²) in [7, 11) is -3.54. The second-order valence-electron chi connectivity index (χ2n) is 6.30. The van der Waals surface area contributed by atoms with Crippen molar-refractivity contribution in [2.45, 2.75) is 62.6 Å². The Morgan fingerprint density at radius 2 is 1.76 bits per heavy atom. The number of aliphatic hydroxyl groups excluding tert-OH is 1. The quantitative estimate of drug-likeness (QED) is 0.812. The fourth-order valence-electron chi connectivity index (χ4n) is 3.62. The van der Waals surface area contributed by atoms with Gasteiger partial charge in [-0.05, 0) is 62.8 Å². The number of fused-ring (bicyclic) bond motifs is 2. The molecule has 0 spiro atoms. The molecular weight excluding hydrogens is 288 g/mol. The topological polar surface area (TPSA) is 83.6 Å². The number of nitrogen functional groups attached to an aromatic ring is 1. The van der Waals surface area contributed by atoms with Gasteiger partial charge in [0.25, 0.3) is 0 Å². The van der Waals surface area contributed by atoms with Crippen LogP contribution in [0.1, 0.15) is 36.8 Å². The smallest absolute Gasteiger partial charge is 0.243 e. The normalized spacial score (nSPS) is 29.8. The molecule has 2 fully saturated rings. The van der Waals surface area contributed by atoms with Crippen LogP contribution in [0.15, 0.2) is 17.0 Å². The molecule has 1 aromatic rings. The summed E-state index contributed by atoms with van der Waals surface area (Å²) < 4.78 is 27.5. The molecule has 2 atom stereocenters. The number of piperidine rings is 1. The fraction of sp³-hybridized carbons (Fsp3) is 0.600. The van der Waals surface area contributed by atoms with Crippen molar-refractivity contribution >= 4 is 15.7 Å². The van der Waals surface area contributed by atoms with Crippen molar-refractivity contribution in [1.29, 1.82) is 0 Å². The van der Waals surface area contributed by atoms with Crippen molar-refractivity contribution in [2.24, 2.45) is 0 Å². The summed E-state index contributed by atoms with van der Waals surface area (Å²) in [6.45, 7) is 3.77. The Bertz CT molecular complexity index is 634. The molecule has 2 aliphatic heterocycles. The van der Waals surface area contributed by atoms with Gasteiger partial charge in [-0.1, -0.05) is 0 Å². The molecule has 2 aliphatic rings. The van der Waals surface area contributed by atoms with E-state index in [-0.39, 0.29) is 23.1 Å². The number of hydrogen-bond donors (Lipinski definition) is 2. The van der Waals surface area contributed by atoms with Crippen molar-refractivity contribution in [2.75, 3.05) is 5.73 Å². The second kappa shape index (κ2) is 4.97. The lowest BCUT2D eigenvalue weighted by atomic mass is 10.0. The monoisotopic (exact) mass is 310 g/mol. The number of benzene rings is 1. The predicted octanol–water partition coefficient (Wildman–Crippen LogP) is 1.56. The van der Waals surface area contributed by atoms with Crippen LogP contribution in [0.4, 0.5) is 5.69 Å². The van der Waals surface area contributed by atoms with E-state index in [9.17, 15) is 13.5 Å². The van der Waals surface area contributed by atoms with Crippen molar-refractivity contribution in [1.82, 2.24) is 4.31 Å². The molecule has 5 nitrogen and oxygen atoms in total. The fourth-order valence-corrected chi connectivity index (χ4v) is 5.63. The maximum absolute atomic E-state index is 13.0. The van der Waals surface area contributed by atoms with Crippen LogP contribution in [-0.2, 0) is 10.0 Å². The molecule has 0 aromatic heterocycles. The first-order valence-electron chi connectivity index (χ1n) is 7.39. The summed E-state index contributed by atoms with van der Waals surface area (Å²) in [4.78, 5) is 0.274. The van der Waals surface area contributed by atoms with Crippen LogP contribution in [0, 0.1) is 13.8 Å². The highest BCUT2D eigenvalue weighted by Gasteiger charge is 2.46. The first-order valence-corrected chi connectivity index (χ1v) is 8.83. The molecule has 2 heterocycles. The van der Waals surface area contributed by atoms with Gasteiger partial charge in [-0.3, -0.25) is 0 Å². The maximum Gasteiger partial charge on any atom is 0.243 e. The highest BCUT2D eigenvalue weighted by Crippen LogP contribution is 2.40. The number of rotatable bonds is 2. The van der Waals surface area contributed by atoms with Gasteiger partial charge in [0.2, 0.25) is 10.0 Å². The molecule has 2 saturated heterocycles. The third kappa shape index (κ3) is 2.35. The van der Waals surface area contributed by atoms with Gasteiger partial charge in [-0.15, -0.1) is 0 Å². The SMILES string of the molecule is Cc1cc(S(=O)(=O)N2C3CCC2CC(O)C3)cc(N)c1C. The van der Waals surface area contributed by atoms with E-state index in [1.54, 1.807) is 16.4 Å². The van der Waals surface area contributed by atoms with E-state index in [0.29, 0.717) is 18.5 Å². The number of aliphatic hydroxyl groups is 1. The van der Waals surface area contributed by atoms with E-state index in [1.807, 2.05) is 13.8 Å². The van der Waals surface area contributed by atoms with Crippen molar-refractivity contribution < 1.29 is 13.5 Å². The predicted molar refractivity (Wildman–Crippen MR) is 81.4 cm³/mol. The van der Waals surface area contributed by atoms with Crippen LogP contribution in [-0.4, -0.2) is 36.0 Å². The van der Waals surface area contributed by atoms with Crippen LogP contribution >= 0.6 is 0 Å². The van der Waals surface area contributed by atoms with Gasteiger partial charge < -0.3 is 10.8 Å². The molecule has 0 radical (unpaired) electrons. The van der Waals surface area contributed by atoms with Crippen molar-refractivity contribution in [3.05, 3.63) is 23.3 Å². The van der Waals surface area contributed by atoms with Gasteiger partial charge in [-0.25, -0.2) is 8.42 Å². The largest absolute Gasteiger partial charge is 0.398 e. The maximum atomic E-state index is 13.0. The van der Waals surface area contributed by atoms with Crippen LogP contribution in [0.5, 0.6) is 0 Å². The van der Waals surface area contributed by atoms with Gasteiger partial charge in [0.1, 0.15) is 0 Å². The summed E-state index contributed by atoms with van der Waals surface area (Å²) in [5.74, 6) is 0. The van der Waals surface area contributed by atoms with E-state index in [4.69, 9.17) is 5.73 Å². The van der Waals surface area contributed by atoms with E-state index in [1.165, 1.54) is 0 Å². The average molecular weight is 310 g/mol. The Morgan fingerprint density at radius 3 is 2.29 bits per heavy atom. The molecule has 0 amide bonds. The Balaban J connectivity index is 2.02. The van der Waals surface area contributed by atoms with Crippen molar-refractivity contribution in [3.8, 4) is 0 Å². The Labute approximate surface area is 125 Å². The average Bonchev–Trinajstić information content (AvgIpc) is 2.69. The number of sulfonamides is 1. The van der Waals surface area contributed by atoms with Gasteiger partial charge in [-0.2, -0.15) is 4.31 Å². The van der Waals surface area contributed by atoms with Crippen LogP contribution in [0.2, 0.25) is 0 Å². The van der Waals surface area contributed by atoms with Gasteiger partial charge in [0.15, 0.2) is 0 Å². The van der Waals surface area contributed by atoms with Crippen LogP contribution in [0.25, 0.3) is 0 Å². The number of hydrogen-bond acceptors (Lipinski definition) is 4. The van der Waals surface area contributed by atoms with Gasteiger partial charge >= 0.3 is 0 Å². The van der Waals surface area contributed by atoms with Crippen LogP contribution < -0.4 is 5.73 Å². The Morgan fingerprint density at radius 1 is 1.19 bits per heavy atom. The van der Waals surface area contributed by atoms with E-state index < -0.39 is 10.0 Å². The minimum atomic E-state index is -3.54. The molecule has 116 valence electrons. The molecule has 21 heavy (non-hydrogen) atoms. The van der Waals surface area contributed by atoms with Gasteiger partial charge in [0, 0.05) is 17.8 Å². The van der Waals surface area contributed by atoms with Crippen molar-refractivity contribution in [3.63, 3.8) is 0 Å². The summed E-state index contributed by atoms with van der Waals surface area (Å²) in [5.41, 5.74) is 8.25. The zero-order valence-corrected chi connectivity index (χ0v) is 13.2. The molecule has 2 unspecified atom stereocenters. The Hall–Kier alpha value is -1.11. The zero-order valence-electron chi connectivity index (χ0n) is 12.4. The molecule has 0 aliphatic carbocycles. The summed E-state index contributed by atoms with van der Waals surface area (Å²) in [6, 6.07) is 3.10. The number of anilines is 1. The third-order valence-corrected chi connectivity index (χ3v) is 6.88. The second-order valence-corrected chi connectivity index (χ2v) is 8.14. The third-order valence-electron chi connectivity index (χ3n) is 4.90. The molecule has 6 heteroatoms. The first kappa shape index (κ1) is 14.8. The summed E-state index contributed by atoms with van der Waals surface area (Å²) in [5, 5.41) is 9.83. The molecule has 2 bridgehead atoms. The molecule has 0 saturated carbocycles. The number of aryl methyl sites for hydroxylation is 1. The zero-order chi connectivity index (χ0) is 15.4. The lowest BCUT2D eigenvalue weighted by molar-refractivity contribution is 0.0769. The lowest BCUT2D eigenvalue weighted by Crippen LogP contribution is -2.47. The number of nitrogens with two attached hydrogens (primary N) is 1. The molecule has 3 rings (SSSR count). The minimum Gasteiger partial charge on any atom is -0.398 e. The Kier molecular flexibility index (Phi) is 3.50. The van der Waals surface area contributed by atoms with E-state index >= 15 is 0 Å². The lowest BCUT2D eigenvalue weighted by Gasteiger charge is -2.36. The molecule has 3 N–H and O–H groups in total. The van der Waals surface area contributed by atoms with E-state index in [0.717, 1.165) is 24.0 Å². The van der Waals surface area contributed by atoms with Crippen LogP contribution in [0.3, 0.4) is 0 Å². The summed E-state index contributed by atoms with van der Waals surface area (Å²) in [6.07, 6.45) is 2.37. The highest BCUT2D eigenvalue weighted by atomic mass is 32.2. The number of nitrogens with zero attached hydrogens (tertiary/aromatic N) is 1. The minimum absolute atomic E-state index is 0.0772. The summed E-state index contributed by atoms with van der Waals surface area (Å²) >= 11 is 0. The molecular formula is C15H22N2O3S. The van der Waals surface area contributed by atoms with E-state index in [2.05, 4.69) is 0 Å².